The molecule has 0 aromatic heterocycles. The van der Waals surface area contributed by atoms with Crippen molar-refractivity contribution in [2.24, 2.45) is 0 Å². The Hall–Kier alpha value is 0.531. The van der Waals surface area contributed by atoms with Crippen molar-refractivity contribution in [3.63, 3.8) is 0 Å². The molecule has 0 saturated carbocycles. The number of nitrogens with zero attached hydrogens (tertiary/aromatic N) is 1. The Morgan fingerprint density at radius 1 is 1.29 bits per heavy atom. The van der Waals surface area contributed by atoms with Gasteiger partial charge in [0.15, 0.2) is 0 Å². The predicted molar refractivity (Wildman–Crippen MR) is 31.3 cm³/mol. The van der Waals surface area contributed by atoms with Crippen molar-refractivity contribution >= 4 is 29.5 Å². The minimum Gasteiger partial charge on any atom is -0.337 e. The minimum atomic E-state index is 0.771. The van der Waals surface area contributed by atoms with Gasteiger partial charge in [0.25, 0.3) is 0 Å². The van der Waals surface area contributed by atoms with Gasteiger partial charge in [-0.2, -0.15) is 0 Å². The van der Waals surface area contributed by atoms with Crippen LogP contribution in [0.4, 0.5) is 0 Å². The van der Waals surface area contributed by atoms with Crippen LogP contribution >= 0.6 is 0 Å². The van der Waals surface area contributed by atoms with E-state index >= 15 is 0 Å². The average molecular weight is 143 g/mol. The fourth-order valence-electron chi connectivity index (χ4n) is 0.283. The summed E-state index contributed by atoms with van der Waals surface area (Å²) in [4.78, 5) is 0. The van der Waals surface area contributed by atoms with Gasteiger partial charge in [0.2, 0.25) is 29.5 Å². The van der Waals surface area contributed by atoms with Crippen LogP contribution in [0, 0.1) is 0 Å². The molecule has 7 heavy (non-hydrogen) atoms. The van der Waals surface area contributed by atoms with Crippen molar-refractivity contribution in [2.75, 3.05) is 7.05 Å². The van der Waals surface area contributed by atoms with E-state index in [4.69, 9.17) is 0 Å². The first-order chi connectivity index (χ1) is 3.39. The maximum Gasteiger partial charge on any atom is 0.234 e. The highest BCUT2D eigenvalue weighted by Crippen LogP contribution is 1.69. The second-order valence-electron chi connectivity index (χ2n) is 1.16. The van der Waals surface area contributed by atoms with Gasteiger partial charge in [-0.3, -0.25) is 0 Å². The third kappa shape index (κ3) is 1.84. The van der Waals surface area contributed by atoms with Crippen molar-refractivity contribution in [1.82, 2.24) is 13.5 Å². The fourth-order valence-corrected chi connectivity index (χ4v) is 4.11. The maximum atomic E-state index is 3.21. The van der Waals surface area contributed by atoms with Crippen molar-refractivity contribution in [3.05, 3.63) is 0 Å². The van der Waals surface area contributed by atoms with Gasteiger partial charge in [0.1, 0.15) is 0 Å². The van der Waals surface area contributed by atoms with Crippen LogP contribution in [-0.2, 0) is 0 Å². The van der Waals surface area contributed by atoms with Gasteiger partial charge in [0.05, 0.1) is 0 Å². The molecule has 1 rings (SSSR count). The van der Waals surface area contributed by atoms with Gasteiger partial charge in [-0.1, -0.05) is 0 Å². The van der Waals surface area contributed by atoms with Crippen LogP contribution in [-0.4, -0.2) is 40.8 Å². The van der Waals surface area contributed by atoms with Crippen molar-refractivity contribution < 1.29 is 0 Å². The molecule has 1 heterocycles. The van der Waals surface area contributed by atoms with Gasteiger partial charge in [-0.25, -0.2) is 0 Å². The zero-order valence-corrected chi connectivity index (χ0v) is 6.95. The van der Waals surface area contributed by atoms with E-state index < -0.39 is 0 Å². The first kappa shape index (κ1) is 5.66. The van der Waals surface area contributed by atoms with Crippen LogP contribution in [0.5, 0.6) is 0 Å². The Balaban J connectivity index is 2.12. The fraction of sp³-hybridized carbons (Fsp3) is 1.00. The van der Waals surface area contributed by atoms with Crippen LogP contribution in [0.1, 0.15) is 0 Å². The highest BCUT2D eigenvalue weighted by Gasteiger charge is 2.06. The van der Waals surface area contributed by atoms with E-state index in [0.29, 0.717) is 0 Å². The summed E-state index contributed by atoms with van der Waals surface area (Å²) >= 11 is 0. The lowest BCUT2D eigenvalue weighted by Gasteiger charge is -2.18. The molecule has 0 aromatic rings. The molecule has 0 amide bonds. The number of nitrogens with one attached hydrogen (secondary N) is 2. The largest absolute Gasteiger partial charge is 0.337 e. The Labute approximate surface area is 50.8 Å². The summed E-state index contributed by atoms with van der Waals surface area (Å²) in [6.07, 6.45) is 0. The van der Waals surface area contributed by atoms with Gasteiger partial charge < -0.3 is 13.5 Å². The summed E-state index contributed by atoms with van der Waals surface area (Å²) in [6.45, 7) is 0. The van der Waals surface area contributed by atoms with Crippen molar-refractivity contribution in [2.45, 2.75) is 0 Å². The van der Waals surface area contributed by atoms with E-state index in [0.717, 1.165) is 29.5 Å². The molecule has 0 spiro atoms. The standard InChI is InChI=1S/CH5N3Si3/c1-4-6-2-5-3-7-4/h2-3H,1H3. The van der Waals surface area contributed by atoms with Gasteiger partial charge in [-0.15, -0.1) is 0 Å². The number of hydrogen-bond acceptors (Lipinski definition) is 3. The van der Waals surface area contributed by atoms with Crippen LogP contribution in [0.2, 0.25) is 0 Å². The first-order valence-corrected chi connectivity index (χ1v) is 4.79. The van der Waals surface area contributed by atoms with Gasteiger partial charge >= 0.3 is 0 Å². The molecular weight excluding hydrogens is 138 g/mol. The Morgan fingerprint density at radius 2 is 1.86 bits per heavy atom. The van der Waals surface area contributed by atoms with Crippen LogP contribution in [0.3, 0.4) is 0 Å². The van der Waals surface area contributed by atoms with Crippen molar-refractivity contribution in [1.29, 1.82) is 0 Å². The quantitative estimate of drug-likeness (QED) is 0.374. The topological polar surface area (TPSA) is 27.3 Å². The molecular formula is CH5N3Si3. The molecule has 2 N–H and O–H groups in total. The zero-order valence-electron chi connectivity index (χ0n) is 3.95. The Morgan fingerprint density at radius 3 is 2.14 bits per heavy atom. The summed E-state index contributed by atoms with van der Waals surface area (Å²) in [5, 5.41) is 0. The molecule has 1 saturated heterocycles. The van der Waals surface area contributed by atoms with Gasteiger partial charge in [0, 0.05) is 0 Å². The van der Waals surface area contributed by atoms with E-state index in [1.165, 1.54) is 0 Å². The summed E-state index contributed by atoms with van der Waals surface area (Å²) in [5.41, 5.74) is 0. The predicted octanol–water partition coefficient (Wildman–Crippen LogP) is -2.29. The molecule has 1 fully saturated rings. The van der Waals surface area contributed by atoms with Gasteiger partial charge in [-0.05, 0) is 7.05 Å². The molecule has 0 aliphatic carbocycles. The molecule has 3 nitrogen and oxygen atoms in total. The number of rotatable bonds is 0. The first-order valence-electron chi connectivity index (χ1n) is 1.89. The lowest BCUT2D eigenvalue weighted by molar-refractivity contribution is 0.812. The van der Waals surface area contributed by atoms with Crippen LogP contribution in [0.15, 0.2) is 0 Å². The van der Waals surface area contributed by atoms with E-state index in [1.807, 2.05) is 0 Å². The maximum absolute atomic E-state index is 3.21. The van der Waals surface area contributed by atoms with E-state index in [-0.39, 0.29) is 0 Å². The second kappa shape index (κ2) is 2.75. The Bertz CT molecular complexity index is 52.1. The average Bonchev–Trinajstić information content (AvgIpc) is 1.69. The lowest BCUT2D eigenvalue weighted by Crippen LogP contribution is -2.56. The third-order valence-corrected chi connectivity index (χ3v) is 3.81. The molecule has 1 aliphatic heterocycles. The minimum absolute atomic E-state index is 0.771. The van der Waals surface area contributed by atoms with E-state index in [2.05, 4.69) is 20.6 Å². The van der Waals surface area contributed by atoms with E-state index in [1.54, 1.807) is 0 Å². The summed E-state index contributed by atoms with van der Waals surface area (Å²) in [7, 11) is 4.51. The highest BCUT2D eigenvalue weighted by atomic mass is 28.4. The van der Waals surface area contributed by atoms with E-state index in [9.17, 15) is 0 Å². The molecule has 1 aliphatic rings. The molecule has 0 aromatic carbocycles. The molecule has 36 valence electrons. The molecule has 6 heteroatoms. The molecule has 0 unspecified atom stereocenters. The zero-order chi connectivity index (χ0) is 5.11. The summed E-state index contributed by atoms with van der Waals surface area (Å²) < 4.78 is 8.66. The van der Waals surface area contributed by atoms with Crippen LogP contribution in [0.25, 0.3) is 0 Å². The summed E-state index contributed by atoms with van der Waals surface area (Å²) in [6, 6.07) is 0. The highest BCUT2D eigenvalue weighted by molar-refractivity contribution is 6.65. The van der Waals surface area contributed by atoms with Crippen molar-refractivity contribution in [3.8, 4) is 0 Å². The smallest absolute Gasteiger partial charge is 0.234 e. The summed E-state index contributed by atoms with van der Waals surface area (Å²) in [5.74, 6) is 0. The third-order valence-electron chi connectivity index (χ3n) is 0.572. The normalized spacial score (nSPS) is 25.3. The molecule has 0 bridgehead atoms. The van der Waals surface area contributed by atoms with Crippen LogP contribution < -0.4 is 9.30 Å². The Kier molecular flexibility index (Phi) is 2.22. The lowest BCUT2D eigenvalue weighted by atomic mass is 11.6. The number of hydrogen-bond donors (Lipinski definition) is 2. The molecule has 0 atom stereocenters. The SMILES string of the molecule is CN1[Si]N[Si]N[Si]1. The monoisotopic (exact) mass is 143 g/mol. The second-order valence-corrected chi connectivity index (χ2v) is 5.64. The molecule has 6 radical (unpaired) electrons.